The van der Waals surface area contributed by atoms with Crippen LogP contribution in [-0.4, -0.2) is 10.8 Å². The maximum absolute atomic E-state index is 12.5. The second-order valence-corrected chi connectivity index (χ2v) is 5.44. The third-order valence-corrected chi connectivity index (χ3v) is 4.01. The van der Waals surface area contributed by atoms with Crippen molar-refractivity contribution in [2.75, 3.05) is 0 Å². The summed E-state index contributed by atoms with van der Waals surface area (Å²) in [6.45, 7) is 4.25. The van der Waals surface area contributed by atoms with E-state index in [1.165, 1.54) is 5.56 Å². The number of Topliss-reactive ketones (excluding diaryl/α,β-unsaturated/α-hetero) is 1. The number of carbonyl (C=O) groups excluding carboxylic acids is 1. The number of hydrogen-bond donors (Lipinski definition) is 0. The molecule has 1 aliphatic rings. The zero-order valence-corrected chi connectivity index (χ0v) is 11.5. The van der Waals surface area contributed by atoms with E-state index in [9.17, 15) is 4.79 Å². The van der Waals surface area contributed by atoms with Gasteiger partial charge in [0.05, 0.1) is 11.6 Å². The highest BCUT2D eigenvalue weighted by atomic mass is 16.1. The molecule has 98 valence electrons. The van der Waals surface area contributed by atoms with Gasteiger partial charge in [0.15, 0.2) is 0 Å². The van der Waals surface area contributed by atoms with Crippen molar-refractivity contribution in [1.82, 2.24) is 4.98 Å². The summed E-state index contributed by atoms with van der Waals surface area (Å²) in [6, 6.07) is 4.10. The minimum atomic E-state index is 0.0572. The number of aromatic nitrogens is 1. The number of fused-ring (bicyclic) bond motifs is 1. The van der Waals surface area contributed by atoms with Gasteiger partial charge in [0.25, 0.3) is 0 Å². The molecule has 1 aromatic rings. The number of rotatable bonds is 5. The lowest BCUT2D eigenvalue weighted by atomic mass is 9.79. The molecule has 0 saturated carbocycles. The van der Waals surface area contributed by atoms with E-state index in [1.807, 2.05) is 12.3 Å². The van der Waals surface area contributed by atoms with E-state index < -0.39 is 0 Å². The molecule has 0 aromatic carbocycles. The van der Waals surface area contributed by atoms with Gasteiger partial charge < -0.3 is 0 Å². The predicted molar refractivity (Wildman–Crippen MR) is 73.6 cm³/mol. The van der Waals surface area contributed by atoms with E-state index in [1.54, 1.807) is 0 Å². The first-order valence-electron chi connectivity index (χ1n) is 7.21. The Morgan fingerprint density at radius 1 is 1.56 bits per heavy atom. The van der Waals surface area contributed by atoms with Gasteiger partial charge in [-0.2, -0.15) is 0 Å². The Bertz CT molecular complexity index is 413. The molecule has 0 fully saturated rings. The van der Waals surface area contributed by atoms with Crippen LogP contribution < -0.4 is 0 Å². The van der Waals surface area contributed by atoms with E-state index >= 15 is 0 Å². The van der Waals surface area contributed by atoms with Gasteiger partial charge in [-0.25, -0.2) is 0 Å². The fourth-order valence-electron chi connectivity index (χ4n) is 2.88. The van der Waals surface area contributed by atoms with Gasteiger partial charge in [-0.3, -0.25) is 9.78 Å². The summed E-state index contributed by atoms with van der Waals surface area (Å²) in [7, 11) is 0. The van der Waals surface area contributed by atoms with Crippen LogP contribution in [0.15, 0.2) is 18.3 Å². The van der Waals surface area contributed by atoms with E-state index in [2.05, 4.69) is 24.9 Å². The van der Waals surface area contributed by atoms with Crippen molar-refractivity contribution in [3.05, 3.63) is 29.6 Å². The Morgan fingerprint density at radius 2 is 2.39 bits per heavy atom. The van der Waals surface area contributed by atoms with E-state index in [0.717, 1.165) is 44.2 Å². The van der Waals surface area contributed by atoms with Crippen molar-refractivity contribution < 1.29 is 4.79 Å². The lowest BCUT2D eigenvalue weighted by Gasteiger charge is -2.25. The summed E-state index contributed by atoms with van der Waals surface area (Å²) < 4.78 is 0. The molecule has 18 heavy (non-hydrogen) atoms. The summed E-state index contributed by atoms with van der Waals surface area (Å²) in [4.78, 5) is 17.0. The lowest BCUT2D eigenvalue weighted by Crippen LogP contribution is -2.24. The Labute approximate surface area is 110 Å². The molecule has 0 bridgehead atoms. The van der Waals surface area contributed by atoms with Gasteiger partial charge in [0.2, 0.25) is 0 Å². The van der Waals surface area contributed by atoms with Crippen LogP contribution in [0.2, 0.25) is 0 Å². The highest BCUT2D eigenvalue weighted by Gasteiger charge is 2.30. The highest BCUT2D eigenvalue weighted by Crippen LogP contribution is 2.33. The maximum Gasteiger partial charge on any atom is 0.144 e. The molecule has 0 spiro atoms. The number of aryl methyl sites for hydroxylation is 1. The summed E-state index contributed by atoms with van der Waals surface area (Å²) in [5.74, 6) is 0.646. The number of ketones is 1. The van der Waals surface area contributed by atoms with Crippen LogP contribution in [0.1, 0.15) is 63.1 Å². The molecule has 2 unspecified atom stereocenters. The minimum Gasteiger partial charge on any atom is -0.299 e. The smallest absolute Gasteiger partial charge is 0.144 e. The number of nitrogens with zero attached hydrogens (tertiary/aromatic N) is 1. The third kappa shape index (κ3) is 2.80. The minimum absolute atomic E-state index is 0.0572. The van der Waals surface area contributed by atoms with Crippen LogP contribution in [0, 0.1) is 5.92 Å². The third-order valence-electron chi connectivity index (χ3n) is 4.01. The van der Waals surface area contributed by atoms with Gasteiger partial charge in [-0.1, -0.05) is 32.8 Å². The van der Waals surface area contributed by atoms with E-state index in [0.29, 0.717) is 5.78 Å². The fraction of sp³-hybridized carbons (Fsp3) is 0.625. The molecule has 2 heteroatoms. The van der Waals surface area contributed by atoms with Crippen molar-refractivity contribution in [3.8, 4) is 0 Å². The van der Waals surface area contributed by atoms with Crippen LogP contribution in [0.3, 0.4) is 0 Å². The molecule has 0 saturated heterocycles. The van der Waals surface area contributed by atoms with Crippen LogP contribution >= 0.6 is 0 Å². The SMILES string of the molecule is CCCCC(C)C(=O)C1CCCc2cccnc21. The number of carbonyl (C=O) groups is 1. The monoisotopic (exact) mass is 245 g/mol. The van der Waals surface area contributed by atoms with Gasteiger partial charge in [0.1, 0.15) is 5.78 Å². The summed E-state index contributed by atoms with van der Waals surface area (Å²) in [5, 5.41) is 0. The molecule has 2 atom stereocenters. The zero-order valence-electron chi connectivity index (χ0n) is 11.5. The van der Waals surface area contributed by atoms with Gasteiger partial charge in [-0.05, 0) is 37.3 Å². The average molecular weight is 245 g/mol. The summed E-state index contributed by atoms with van der Waals surface area (Å²) in [6.07, 6.45) is 8.34. The van der Waals surface area contributed by atoms with E-state index in [-0.39, 0.29) is 11.8 Å². The van der Waals surface area contributed by atoms with Gasteiger partial charge >= 0.3 is 0 Å². The number of unbranched alkanes of at least 4 members (excludes halogenated alkanes) is 1. The molecule has 0 aliphatic heterocycles. The highest BCUT2D eigenvalue weighted by molar-refractivity contribution is 5.87. The average Bonchev–Trinajstić information content (AvgIpc) is 2.43. The van der Waals surface area contributed by atoms with Crippen LogP contribution in [-0.2, 0) is 11.2 Å². The predicted octanol–water partition coefficient (Wildman–Crippen LogP) is 3.90. The Hall–Kier alpha value is -1.18. The second-order valence-electron chi connectivity index (χ2n) is 5.44. The number of pyridine rings is 1. The molecule has 1 heterocycles. The molecular formula is C16H23NO. The summed E-state index contributed by atoms with van der Waals surface area (Å²) in [5.41, 5.74) is 2.34. The molecule has 0 radical (unpaired) electrons. The quantitative estimate of drug-likeness (QED) is 0.787. The molecule has 2 rings (SSSR count). The van der Waals surface area contributed by atoms with Crippen molar-refractivity contribution in [3.63, 3.8) is 0 Å². The van der Waals surface area contributed by atoms with Crippen molar-refractivity contribution in [1.29, 1.82) is 0 Å². The maximum atomic E-state index is 12.5. The van der Waals surface area contributed by atoms with Crippen molar-refractivity contribution in [2.24, 2.45) is 5.92 Å². The topological polar surface area (TPSA) is 30.0 Å². The first kappa shape index (κ1) is 13.3. The standard InChI is InChI=1S/C16H23NO/c1-3-4-7-12(2)16(18)14-10-5-8-13-9-6-11-17-15(13)14/h6,9,11-12,14H,3-5,7-8,10H2,1-2H3. The van der Waals surface area contributed by atoms with Crippen LogP contribution in [0.5, 0.6) is 0 Å². The normalized spacial score (nSPS) is 20.2. The molecule has 0 amide bonds. The first-order chi connectivity index (χ1) is 8.74. The largest absolute Gasteiger partial charge is 0.299 e. The van der Waals surface area contributed by atoms with Gasteiger partial charge in [-0.15, -0.1) is 0 Å². The molecular weight excluding hydrogens is 222 g/mol. The van der Waals surface area contributed by atoms with Crippen molar-refractivity contribution in [2.45, 2.75) is 58.3 Å². The molecule has 1 aliphatic carbocycles. The Morgan fingerprint density at radius 3 is 3.17 bits per heavy atom. The van der Waals surface area contributed by atoms with Crippen LogP contribution in [0.4, 0.5) is 0 Å². The Kier molecular flexibility index (Phi) is 4.51. The lowest BCUT2D eigenvalue weighted by molar-refractivity contribution is -0.124. The first-order valence-corrected chi connectivity index (χ1v) is 7.21. The number of hydrogen-bond acceptors (Lipinski definition) is 2. The Balaban J connectivity index is 2.12. The fourth-order valence-corrected chi connectivity index (χ4v) is 2.88. The zero-order chi connectivity index (χ0) is 13.0. The van der Waals surface area contributed by atoms with Crippen LogP contribution in [0.25, 0.3) is 0 Å². The molecule has 0 N–H and O–H groups in total. The van der Waals surface area contributed by atoms with Gasteiger partial charge in [0, 0.05) is 12.1 Å². The second kappa shape index (κ2) is 6.12. The summed E-state index contributed by atoms with van der Waals surface area (Å²) >= 11 is 0. The van der Waals surface area contributed by atoms with Crippen molar-refractivity contribution >= 4 is 5.78 Å². The van der Waals surface area contributed by atoms with E-state index in [4.69, 9.17) is 0 Å². The molecule has 1 aromatic heterocycles. The molecule has 2 nitrogen and oxygen atoms in total.